The summed E-state index contributed by atoms with van der Waals surface area (Å²) in [6, 6.07) is 0. The molecule has 3 aromatic rings. The first-order valence-corrected chi connectivity index (χ1v) is 14.1. The quantitative estimate of drug-likeness (QED) is 0.189. The van der Waals surface area contributed by atoms with Crippen LogP contribution in [0.5, 0.6) is 0 Å². The molecule has 1 saturated heterocycles. The summed E-state index contributed by atoms with van der Waals surface area (Å²) in [5.41, 5.74) is 11.4. The molecule has 1 fully saturated rings. The molecule has 0 saturated carbocycles. The number of carbonyl (C=O) groups is 2. The van der Waals surface area contributed by atoms with E-state index in [2.05, 4.69) is 66.2 Å². The maximum Gasteiger partial charge on any atom is 0.321 e. The Kier molecular flexibility index (Phi) is 6.25. The highest BCUT2D eigenvalue weighted by Gasteiger charge is 2.47. The van der Waals surface area contributed by atoms with Crippen molar-refractivity contribution in [3.63, 3.8) is 0 Å². The number of aromatic amines is 3. The van der Waals surface area contributed by atoms with Crippen molar-refractivity contribution >= 4 is 41.6 Å². The Labute approximate surface area is 238 Å². The lowest BCUT2D eigenvalue weighted by molar-refractivity contribution is -0.141. The average molecular weight is 553 g/mol. The van der Waals surface area contributed by atoms with Crippen molar-refractivity contribution in [2.45, 2.75) is 48.0 Å². The number of nitrogens with one attached hydrogen (secondary N) is 4. The first kappa shape index (κ1) is 26.7. The molecule has 8 heteroatoms. The second-order valence-corrected chi connectivity index (χ2v) is 11.4. The number of fused-ring (bicyclic) bond motifs is 7. The number of Topliss-reactive ketones (excluding diaryl/α,β-unsaturated/α-hetero) is 1. The molecule has 212 valence electrons. The molecule has 3 atom stereocenters. The van der Waals surface area contributed by atoms with Gasteiger partial charge in [-0.1, -0.05) is 20.8 Å². The molecule has 0 amide bonds. The SMILES string of the molecule is CCc1c(C)/c2[nH]/c1=C\c1[nH]c3c(c1C)C(=O)[C@H](C(=O)OC)/C3=C1/N/C(=C\c3[nH]c(c(/C=C\O)c3C)\C=2)[C@@H](C)[C@@H]1C. The highest BCUT2D eigenvalue weighted by Crippen LogP contribution is 2.47. The number of rotatable bonds is 3. The molecule has 3 aromatic heterocycles. The molecule has 0 radical (unpaired) electrons. The van der Waals surface area contributed by atoms with Crippen LogP contribution in [0.1, 0.15) is 81.7 Å². The Balaban J connectivity index is 1.74. The van der Waals surface area contributed by atoms with Gasteiger partial charge in [-0.15, -0.1) is 0 Å². The van der Waals surface area contributed by atoms with E-state index in [9.17, 15) is 14.7 Å². The van der Waals surface area contributed by atoms with Crippen LogP contribution in [0.2, 0.25) is 0 Å². The number of hydrogen-bond acceptors (Lipinski definition) is 5. The number of esters is 1. The summed E-state index contributed by atoms with van der Waals surface area (Å²) in [4.78, 5) is 37.6. The van der Waals surface area contributed by atoms with Crippen LogP contribution in [0.25, 0.3) is 29.9 Å². The van der Waals surface area contributed by atoms with Crippen molar-refractivity contribution in [2.75, 3.05) is 7.11 Å². The molecule has 2 aliphatic heterocycles. The monoisotopic (exact) mass is 552 g/mol. The molecule has 3 aliphatic rings. The van der Waals surface area contributed by atoms with Crippen LogP contribution in [0.3, 0.4) is 0 Å². The summed E-state index contributed by atoms with van der Waals surface area (Å²) < 4.78 is 5.14. The fourth-order valence-corrected chi connectivity index (χ4v) is 6.75. The second kappa shape index (κ2) is 9.58. The molecule has 0 spiro atoms. The fraction of sp³-hybridized carbons (Fsp3) is 0.333. The number of H-pyrrole nitrogens is 3. The summed E-state index contributed by atoms with van der Waals surface area (Å²) in [6.45, 7) is 12.5. The smallest absolute Gasteiger partial charge is 0.321 e. The highest BCUT2D eigenvalue weighted by atomic mass is 16.5. The maximum absolute atomic E-state index is 13.9. The number of ketones is 1. The van der Waals surface area contributed by atoms with Gasteiger partial charge in [0.2, 0.25) is 0 Å². The van der Waals surface area contributed by atoms with Gasteiger partial charge in [-0.3, -0.25) is 9.59 Å². The van der Waals surface area contributed by atoms with Gasteiger partial charge in [0.25, 0.3) is 0 Å². The Morgan fingerprint density at radius 2 is 1.66 bits per heavy atom. The van der Waals surface area contributed by atoms with E-state index in [1.165, 1.54) is 12.7 Å². The zero-order valence-corrected chi connectivity index (χ0v) is 24.5. The topological polar surface area (TPSA) is 123 Å². The lowest BCUT2D eigenvalue weighted by Gasteiger charge is -2.16. The van der Waals surface area contributed by atoms with Gasteiger partial charge < -0.3 is 30.1 Å². The number of allylic oxidation sites excluding steroid dienone is 2. The lowest BCUT2D eigenvalue weighted by atomic mass is 9.89. The standard InChI is InChI=1S/C33H36N4O4/c1-8-19-16(4)23-12-26-20(9-10-38)17(5)22(35-26)11-21-14(2)15(3)30(36-21)28-29(33(40)41-7)32(39)27-18(6)24(37-31(27)28)13-25(19)34-23/h9-15,29,34-38H,8H2,1-7H3/b10-9-,21-11-,23-12-,25-13-,30-28-/t14-,15-,29+/m0/s1. The Morgan fingerprint density at radius 3 is 2.34 bits per heavy atom. The third kappa shape index (κ3) is 3.80. The van der Waals surface area contributed by atoms with Crippen LogP contribution in [0, 0.1) is 38.5 Å². The van der Waals surface area contributed by atoms with Gasteiger partial charge in [0, 0.05) is 67.7 Å². The third-order valence-electron chi connectivity index (χ3n) is 9.35. The highest BCUT2D eigenvalue weighted by molar-refractivity contribution is 6.24. The largest absolute Gasteiger partial charge is 0.516 e. The number of carbonyl (C=O) groups excluding carboxylic acids is 2. The molecule has 8 nitrogen and oxygen atoms in total. The minimum Gasteiger partial charge on any atom is -0.516 e. The van der Waals surface area contributed by atoms with Crippen molar-refractivity contribution in [2.24, 2.45) is 17.8 Å². The zero-order chi connectivity index (χ0) is 29.3. The number of aromatic nitrogens is 3. The summed E-state index contributed by atoms with van der Waals surface area (Å²) in [6.07, 6.45) is 9.84. The fourth-order valence-electron chi connectivity index (χ4n) is 6.75. The molecule has 6 rings (SSSR count). The van der Waals surface area contributed by atoms with E-state index in [4.69, 9.17) is 4.74 Å². The number of methoxy groups -OCH3 is 1. The predicted molar refractivity (Wildman–Crippen MR) is 160 cm³/mol. The molecular formula is C33H36N4O4. The van der Waals surface area contributed by atoms with Crippen LogP contribution in [0.15, 0.2) is 17.7 Å². The van der Waals surface area contributed by atoms with Crippen molar-refractivity contribution in [3.8, 4) is 0 Å². The van der Waals surface area contributed by atoms with E-state index in [0.717, 1.165) is 74.1 Å². The Morgan fingerprint density at radius 1 is 0.951 bits per heavy atom. The van der Waals surface area contributed by atoms with Crippen LogP contribution in [-0.4, -0.2) is 38.9 Å². The molecule has 8 bridgehead atoms. The maximum atomic E-state index is 13.9. The first-order chi connectivity index (χ1) is 19.6. The number of hydrogen-bond donors (Lipinski definition) is 5. The van der Waals surface area contributed by atoms with Gasteiger partial charge >= 0.3 is 5.97 Å². The molecule has 1 aliphatic carbocycles. The number of aliphatic hydroxyl groups is 1. The third-order valence-corrected chi connectivity index (χ3v) is 9.35. The van der Waals surface area contributed by atoms with Crippen molar-refractivity contribution in [1.29, 1.82) is 0 Å². The number of aliphatic hydroxyl groups excluding tert-OH is 1. The lowest BCUT2D eigenvalue weighted by Crippen LogP contribution is -2.24. The minimum absolute atomic E-state index is 0.0203. The molecular weight excluding hydrogens is 516 g/mol. The van der Waals surface area contributed by atoms with E-state index in [-0.39, 0.29) is 17.6 Å². The van der Waals surface area contributed by atoms with Crippen molar-refractivity contribution < 1.29 is 19.4 Å². The predicted octanol–water partition coefficient (Wildman–Crippen LogP) is 4.27. The Hall–Kier alpha value is -4.46. The van der Waals surface area contributed by atoms with Gasteiger partial charge in [-0.05, 0) is 73.7 Å². The van der Waals surface area contributed by atoms with Crippen LogP contribution >= 0.6 is 0 Å². The van der Waals surface area contributed by atoms with Crippen molar-refractivity contribution in [3.05, 3.63) is 84.5 Å². The van der Waals surface area contributed by atoms with Crippen LogP contribution < -0.4 is 16.0 Å². The van der Waals surface area contributed by atoms with E-state index < -0.39 is 11.9 Å². The second-order valence-electron chi connectivity index (χ2n) is 11.4. The molecule has 41 heavy (non-hydrogen) atoms. The Bertz CT molecular complexity index is 1860. The van der Waals surface area contributed by atoms with E-state index >= 15 is 0 Å². The van der Waals surface area contributed by atoms with Gasteiger partial charge in [0.15, 0.2) is 5.78 Å². The molecule has 0 unspecified atom stereocenters. The van der Waals surface area contributed by atoms with E-state index in [1.54, 1.807) is 6.08 Å². The normalized spacial score (nSPS) is 25.9. The molecule has 5 N–H and O–H groups in total. The number of ether oxygens (including phenoxy) is 1. The summed E-state index contributed by atoms with van der Waals surface area (Å²) >= 11 is 0. The van der Waals surface area contributed by atoms with E-state index in [0.29, 0.717) is 16.8 Å². The first-order valence-electron chi connectivity index (χ1n) is 14.1. The average Bonchev–Trinajstić information content (AvgIpc) is 3.68. The summed E-state index contributed by atoms with van der Waals surface area (Å²) in [5, 5.41) is 15.2. The minimum atomic E-state index is -1.02. The van der Waals surface area contributed by atoms with E-state index in [1.807, 2.05) is 13.8 Å². The summed E-state index contributed by atoms with van der Waals surface area (Å²) in [7, 11) is 1.33. The molecule has 0 aromatic carbocycles. The van der Waals surface area contributed by atoms with Gasteiger partial charge in [0.1, 0.15) is 5.92 Å². The summed E-state index contributed by atoms with van der Waals surface area (Å²) in [5.74, 6) is -1.70. The van der Waals surface area contributed by atoms with Crippen molar-refractivity contribution in [1.82, 2.24) is 20.3 Å². The zero-order valence-electron chi connectivity index (χ0n) is 24.5. The van der Waals surface area contributed by atoms with Gasteiger partial charge in [0.05, 0.1) is 19.1 Å². The molecule has 5 heterocycles. The van der Waals surface area contributed by atoms with Gasteiger partial charge in [-0.25, -0.2) is 0 Å². The van der Waals surface area contributed by atoms with Crippen LogP contribution in [-0.2, 0) is 16.0 Å². The van der Waals surface area contributed by atoms with Crippen LogP contribution in [0.4, 0.5) is 0 Å². The van der Waals surface area contributed by atoms with Gasteiger partial charge in [-0.2, -0.15) is 0 Å².